The number of alkyl halides is 2. The predicted octanol–water partition coefficient (Wildman–Crippen LogP) is 1.92. The van der Waals surface area contributed by atoms with E-state index in [9.17, 15) is 8.78 Å². The average molecular weight is 258 g/mol. The number of hydrogen-bond donors (Lipinski definition) is 1. The third-order valence-corrected chi connectivity index (χ3v) is 2.35. The molecule has 0 aliphatic heterocycles. The number of nitrogens with one attached hydrogen (secondary N) is 1. The molecule has 0 radical (unpaired) electrons. The van der Waals surface area contributed by atoms with Gasteiger partial charge in [0.1, 0.15) is 5.82 Å². The quantitative estimate of drug-likeness (QED) is 0.811. The largest absolute Gasteiger partial charge is 0.353 e. The molecule has 6 heteroatoms. The molecule has 1 aromatic heterocycles. The van der Waals surface area contributed by atoms with Crippen molar-refractivity contribution in [2.45, 2.75) is 26.8 Å². The van der Waals surface area contributed by atoms with Crippen molar-refractivity contribution in [1.29, 1.82) is 0 Å². The normalized spacial score (nSPS) is 11.3. The first kappa shape index (κ1) is 14.8. The van der Waals surface area contributed by atoms with Crippen LogP contribution in [0.2, 0.25) is 0 Å². The minimum Gasteiger partial charge on any atom is -0.353 e. The van der Waals surface area contributed by atoms with Crippen LogP contribution in [0.3, 0.4) is 0 Å². The summed E-state index contributed by atoms with van der Waals surface area (Å²) < 4.78 is 24.4. The molecule has 0 saturated heterocycles. The Bertz CT molecular complexity index is 340. The summed E-state index contributed by atoms with van der Waals surface area (Å²) in [5.74, 6) is 1.04. The number of anilines is 1. The zero-order valence-electron chi connectivity index (χ0n) is 11.0. The summed E-state index contributed by atoms with van der Waals surface area (Å²) in [6, 6.07) is 0. The van der Waals surface area contributed by atoms with Crippen molar-refractivity contribution in [2.75, 3.05) is 25.0 Å². The van der Waals surface area contributed by atoms with Gasteiger partial charge in [-0.05, 0) is 12.5 Å². The Morgan fingerprint density at radius 2 is 2.00 bits per heavy atom. The van der Waals surface area contributed by atoms with Gasteiger partial charge in [-0.2, -0.15) is 0 Å². The monoisotopic (exact) mass is 258 g/mol. The lowest BCUT2D eigenvalue weighted by atomic mass is 10.2. The number of halogens is 2. The molecule has 102 valence electrons. The summed E-state index contributed by atoms with van der Waals surface area (Å²) >= 11 is 0. The Morgan fingerprint density at radius 3 is 2.50 bits per heavy atom. The minimum absolute atomic E-state index is 0.334. The molecule has 0 spiro atoms. The van der Waals surface area contributed by atoms with Gasteiger partial charge in [-0.1, -0.05) is 13.8 Å². The highest BCUT2D eigenvalue weighted by molar-refractivity contribution is 5.34. The van der Waals surface area contributed by atoms with Gasteiger partial charge < -0.3 is 10.2 Å². The SMILES string of the molecule is CC(C)CNCc1cnc(N(C)CC(F)F)cn1. The van der Waals surface area contributed by atoms with Crippen molar-refractivity contribution >= 4 is 5.82 Å². The smallest absolute Gasteiger partial charge is 0.255 e. The molecule has 1 heterocycles. The molecule has 0 bridgehead atoms. The Balaban J connectivity index is 2.46. The van der Waals surface area contributed by atoms with Crippen LogP contribution in [0.1, 0.15) is 19.5 Å². The molecule has 0 unspecified atom stereocenters. The van der Waals surface area contributed by atoms with Crippen molar-refractivity contribution in [1.82, 2.24) is 15.3 Å². The molecule has 0 fully saturated rings. The van der Waals surface area contributed by atoms with Gasteiger partial charge in [-0.3, -0.25) is 4.98 Å². The fourth-order valence-corrected chi connectivity index (χ4v) is 1.43. The molecular formula is C12H20F2N4. The predicted molar refractivity (Wildman–Crippen MR) is 67.9 cm³/mol. The van der Waals surface area contributed by atoms with E-state index >= 15 is 0 Å². The number of hydrogen-bond acceptors (Lipinski definition) is 4. The van der Waals surface area contributed by atoms with E-state index in [0.717, 1.165) is 12.2 Å². The second kappa shape index (κ2) is 7.20. The van der Waals surface area contributed by atoms with Gasteiger partial charge in [0.05, 0.1) is 24.6 Å². The summed E-state index contributed by atoms with van der Waals surface area (Å²) in [7, 11) is 1.58. The molecule has 0 aliphatic carbocycles. The molecule has 18 heavy (non-hydrogen) atoms. The van der Waals surface area contributed by atoms with E-state index in [4.69, 9.17) is 0 Å². The third kappa shape index (κ3) is 5.35. The van der Waals surface area contributed by atoms with Gasteiger partial charge in [-0.25, -0.2) is 13.8 Å². The maximum absolute atomic E-state index is 12.2. The van der Waals surface area contributed by atoms with Gasteiger partial charge in [0, 0.05) is 13.6 Å². The summed E-state index contributed by atoms with van der Waals surface area (Å²) in [4.78, 5) is 9.70. The minimum atomic E-state index is -2.37. The highest BCUT2D eigenvalue weighted by atomic mass is 19.3. The lowest BCUT2D eigenvalue weighted by Gasteiger charge is -2.17. The second-order valence-corrected chi connectivity index (χ2v) is 4.66. The summed E-state index contributed by atoms with van der Waals surface area (Å²) in [6.07, 6.45) is 0.767. The zero-order valence-corrected chi connectivity index (χ0v) is 11.0. The van der Waals surface area contributed by atoms with Gasteiger partial charge >= 0.3 is 0 Å². The first-order chi connectivity index (χ1) is 8.49. The summed E-state index contributed by atoms with van der Waals surface area (Å²) in [6.45, 7) is 5.47. The Hall–Kier alpha value is -1.30. The van der Waals surface area contributed by atoms with Crippen molar-refractivity contribution in [3.8, 4) is 0 Å². The van der Waals surface area contributed by atoms with Crippen molar-refractivity contribution in [2.24, 2.45) is 5.92 Å². The molecule has 1 N–H and O–H groups in total. The molecule has 1 aromatic rings. The van der Waals surface area contributed by atoms with Crippen LogP contribution in [0.25, 0.3) is 0 Å². The molecule has 0 atom stereocenters. The van der Waals surface area contributed by atoms with Gasteiger partial charge in [0.15, 0.2) is 0 Å². The molecule has 0 aliphatic rings. The van der Waals surface area contributed by atoms with E-state index in [2.05, 4.69) is 29.1 Å². The molecule has 1 rings (SSSR count). The van der Waals surface area contributed by atoms with E-state index in [-0.39, 0.29) is 6.54 Å². The fourth-order valence-electron chi connectivity index (χ4n) is 1.43. The van der Waals surface area contributed by atoms with Crippen LogP contribution in [0, 0.1) is 5.92 Å². The average Bonchev–Trinajstić information content (AvgIpc) is 2.28. The Kier molecular flexibility index (Phi) is 5.91. The molecule has 4 nitrogen and oxygen atoms in total. The van der Waals surface area contributed by atoms with Crippen LogP contribution in [0.4, 0.5) is 14.6 Å². The number of nitrogens with zero attached hydrogens (tertiary/aromatic N) is 3. The van der Waals surface area contributed by atoms with Crippen LogP contribution in [0.15, 0.2) is 12.4 Å². The van der Waals surface area contributed by atoms with Crippen molar-refractivity contribution in [3.05, 3.63) is 18.1 Å². The fraction of sp³-hybridized carbons (Fsp3) is 0.667. The maximum Gasteiger partial charge on any atom is 0.255 e. The molecule has 0 saturated carbocycles. The van der Waals surface area contributed by atoms with Gasteiger partial charge in [0.25, 0.3) is 6.43 Å². The molecule has 0 amide bonds. The number of aromatic nitrogens is 2. The van der Waals surface area contributed by atoms with Crippen LogP contribution in [-0.4, -0.2) is 36.5 Å². The summed E-state index contributed by atoms with van der Waals surface area (Å²) in [5, 5.41) is 3.25. The topological polar surface area (TPSA) is 41.1 Å². The van der Waals surface area contributed by atoms with Gasteiger partial charge in [0.2, 0.25) is 0 Å². The van der Waals surface area contributed by atoms with E-state index in [0.29, 0.717) is 18.3 Å². The maximum atomic E-state index is 12.2. The van der Waals surface area contributed by atoms with Crippen molar-refractivity contribution < 1.29 is 8.78 Å². The van der Waals surface area contributed by atoms with Crippen LogP contribution < -0.4 is 10.2 Å². The number of rotatable bonds is 7. The van der Waals surface area contributed by atoms with E-state index < -0.39 is 6.43 Å². The van der Waals surface area contributed by atoms with Crippen LogP contribution >= 0.6 is 0 Å². The second-order valence-electron chi connectivity index (χ2n) is 4.66. The van der Waals surface area contributed by atoms with E-state index in [1.807, 2.05) is 0 Å². The molecular weight excluding hydrogens is 238 g/mol. The van der Waals surface area contributed by atoms with E-state index in [1.54, 1.807) is 13.2 Å². The molecule has 0 aromatic carbocycles. The first-order valence-electron chi connectivity index (χ1n) is 6.00. The highest BCUT2D eigenvalue weighted by Crippen LogP contribution is 2.08. The van der Waals surface area contributed by atoms with E-state index in [1.165, 1.54) is 11.1 Å². The lowest BCUT2D eigenvalue weighted by Crippen LogP contribution is -2.25. The van der Waals surface area contributed by atoms with Crippen LogP contribution in [-0.2, 0) is 6.54 Å². The van der Waals surface area contributed by atoms with Crippen LogP contribution in [0.5, 0.6) is 0 Å². The highest BCUT2D eigenvalue weighted by Gasteiger charge is 2.09. The van der Waals surface area contributed by atoms with Crippen molar-refractivity contribution in [3.63, 3.8) is 0 Å². The zero-order chi connectivity index (χ0) is 13.5. The third-order valence-electron chi connectivity index (χ3n) is 2.35. The standard InChI is InChI=1S/C12H20F2N4/c1-9(2)4-15-5-10-6-17-12(7-16-10)18(3)8-11(13)14/h6-7,9,11,15H,4-5,8H2,1-3H3. The first-order valence-corrected chi connectivity index (χ1v) is 6.00. The Labute approximate surface area is 106 Å². The Morgan fingerprint density at radius 1 is 1.28 bits per heavy atom. The van der Waals surface area contributed by atoms with Gasteiger partial charge in [-0.15, -0.1) is 0 Å². The lowest BCUT2D eigenvalue weighted by molar-refractivity contribution is 0.156. The summed E-state index contributed by atoms with van der Waals surface area (Å²) in [5.41, 5.74) is 0.810.